The molecule has 0 amide bonds. The molecule has 5 heavy (non-hydrogen) atoms. The SMILES string of the molecule is CP.ClNCl. The molecule has 0 rings (SSSR count). The van der Waals surface area contributed by atoms with Gasteiger partial charge in [0, 0.05) is 0 Å². The molecule has 0 aliphatic rings. The second-order valence-corrected chi connectivity index (χ2v) is 0.643. The molecule has 0 saturated carbocycles. The van der Waals surface area contributed by atoms with Gasteiger partial charge in [-0.2, -0.15) is 0 Å². The fraction of sp³-hybridized carbons (Fsp3) is 1.00. The molecule has 1 unspecified atom stereocenters. The van der Waals surface area contributed by atoms with Gasteiger partial charge in [0.05, 0.1) is 0 Å². The topological polar surface area (TPSA) is 12.0 Å². The van der Waals surface area contributed by atoms with Crippen molar-refractivity contribution in [2.45, 2.75) is 0 Å². The van der Waals surface area contributed by atoms with Gasteiger partial charge in [0.25, 0.3) is 0 Å². The molecule has 0 bridgehead atoms. The van der Waals surface area contributed by atoms with Crippen molar-refractivity contribution in [1.29, 1.82) is 0 Å². The van der Waals surface area contributed by atoms with E-state index in [-0.39, 0.29) is 0 Å². The molecule has 0 spiro atoms. The lowest BCUT2D eigenvalue weighted by Gasteiger charge is -1.49. The van der Waals surface area contributed by atoms with Gasteiger partial charge in [-0.15, -0.1) is 13.6 Å². The largest absolute Gasteiger partial charge is 0.145 e. The maximum atomic E-state index is 4.51. The second-order valence-electron chi connectivity index (χ2n) is 0.0714. The Morgan fingerprint density at radius 3 is 1.40 bits per heavy atom. The molecule has 34 valence electrons. The Morgan fingerprint density at radius 2 is 1.40 bits per heavy atom. The summed E-state index contributed by atoms with van der Waals surface area (Å²) in [5, 5.41) is 0. The number of nitrogens with one attached hydrogen (secondary N) is 1. The summed E-state index contributed by atoms with van der Waals surface area (Å²) in [4.78, 5) is 0. The Kier molecular flexibility index (Phi) is 37.8. The molecule has 0 aromatic rings. The summed E-state index contributed by atoms with van der Waals surface area (Å²) < 4.78 is 1.69. The summed E-state index contributed by atoms with van der Waals surface area (Å²) in [6, 6.07) is 0. The number of hydrogen-bond acceptors (Lipinski definition) is 1. The van der Waals surface area contributed by atoms with E-state index in [1.54, 1.807) is 4.35 Å². The smallest absolute Gasteiger partial charge is 0.00838 e. The van der Waals surface area contributed by atoms with Gasteiger partial charge >= 0.3 is 0 Å². The first-order chi connectivity index (χ1) is 2.41. The van der Waals surface area contributed by atoms with Crippen LogP contribution in [-0.4, -0.2) is 6.66 Å². The third kappa shape index (κ3) is 46.6. The average Bonchev–Trinajstić information content (AvgIpc) is 1.46. The maximum absolute atomic E-state index is 4.51. The van der Waals surface area contributed by atoms with Crippen LogP contribution in [0.4, 0.5) is 0 Å². The van der Waals surface area contributed by atoms with E-state index in [0.29, 0.717) is 0 Å². The van der Waals surface area contributed by atoms with E-state index >= 15 is 0 Å². The molecule has 0 aliphatic carbocycles. The quantitative estimate of drug-likeness (QED) is 0.389. The molecular weight excluding hydrogens is 128 g/mol. The van der Waals surface area contributed by atoms with E-state index < -0.39 is 0 Å². The van der Waals surface area contributed by atoms with Crippen LogP contribution in [0.2, 0.25) is 0 Å². The van der Waals surface area contributed by atoms with Gasteiger partial charge in [0.2, 0.25) is 0 Å². The molecule has 0 radical (unpaired) electrons. The van der Waals surface area contributed by atoms with Gasteiger partial charge in [0.15, 0.2) is 0 Å². The second kappa shape index (κ2) is 20.2. The number of hydrogen-bond donors (Lipinski definition) is 1. The van der Waals surface area contributed by atoms with Crippen molar-refractivity contribution in [2.75, 3.05) is 6.66 Å². The zero-order valence-electron chi connectivity index (χ0n) is 2.83. The monoisotopic (exact) mass is 133 g/mol. The average molecular weight is 134 g/mol. The van der Waals surface area contributed by atoms with Crippen LogP contribution >= 0.6 is 32.8 Å². The summed E-state index contributed by atoms with van der Waals surface area (Å²) in [6.07, 6.45) is 0. The zero-order valence-corrected chi connectivity index (χ0v) is 5.50. The van der Waals surface area contributed by atoms with E-state index in [2.05, 4.69) is 32.8 Å². The standard InChI is InChI=1S/CH5P.Cl2HN/c1-2;1-3-2/h2H2,1H3;3H. The highest BCUT2D eigenvalue weighted by Crippen LogP contribution is 1.57. The Balaban J connectivity index is 0. The van der Waals surface area contributed by atoms with Crippen molar-refractivity contribution >= 4 is 32.8 Å². The van der Waals surface area contributed by atoms with E-state index in [1.165, 1.54) is 0 Å². The van der Waals surface area contributed by atoms with Crippen molar-refractivity contribution in [3.8, 4) is 0 Å². The minimum atomic E-state index is 1.69. The predicted molar refractivity (Wildman–Crippen MR) is 30.5 cm³/mol. The van der Waals surface area contributed by atoms with E-state index in [1.807, 2.05) is 6.66 Å². The van der Waals surface area contributed by atoms with E-state index in [4.69, 9.17) is 0 Å². The lowest BCUT2D eigenvalue weighted by molar-refractivity contribution is 1.69. The van der Waals surface area contributed by atoms with Crippen molar-refractivity contribution in [2.24, 2.45) is 0 Å². The molecule has 4 heteroatoms. The molecule has 1 N–H and O–H groups in total. The first-order valence-corrected chi connectivity index (χ1v) is 2.87. The third-order valence-corrected chi connectivity index (χ3v) is 0. The minimum absolute atomic E-state index is 1.69. The van der Waals surface area contributed by atoms with Crippen LogP contribution in [0, 0.1) is 0 Å². The summed E-state index contributed by atoms with van der Waals surface area (Å²) in [5.41, 5.74) is 0. The number of rotatable bonds is 0. The normalized spacial score (nSPS) is 4.80. The molecule has 0 aromatic heterocycles. The highest BCUT2D eigenvalue weighted by molar-refractivity contribution is 7.15. The van der Waals surface area contributed by atoms with Crippen LogP contribution in [0.3, 0.4) is 0 Å². The van der Waals surface area contributed by atoms with Crippen LogP contribution in [0.5, 0.6) is 0 Å². The van der Waals surface area contributed by atoms with Gasteiger partial charge in [-0.25, -0.2) is 0 Å². The Labute approximate surface area is 44.5 Å². The zero-order chi connectivity index (χ0) is 4.71. The van der Waals surface area contributed by atoms with Gasteiger partial charge in [-0.3, -0.25) is 0 Å². The van der Waals surface area contributed by atoms with Crippen LogP contribution < -0.4 is 4.35 Å². The maximum Gasteiger partial charge on any atom is -0.00838 e. The van der Waals surface area contributed by atoms with Gasteiger partial charge in [-0.1, -0.05) is 6.66 Å². The third-order valence-electron chi connectivity index (χ3n) is 0. The molecule has 0 heterocycles. The molecule has 0 aromatic carbocycles. The van der Waals surface area contributed by atoms with Gasteiger partial charge in [-0.05, 0) is 23.6 Å². The lowest BCUT2D eigenvalue weighted by atomic mass is 12.0. The molecule has 0 fully saturated rings. The van der Waals surface area contributed by atoms with Crippen LogP contribution in [0.1, 0.15) is 0 Å². The summed E-state index contributed by atoms with van der Waals surface area (Å²) in [7, 11) is 2.42. The molecule has 0 aliphatic heterocycles. The first-order valence-electron chi connectivity index (χ1n) is 0.955. The van der Waals surface area contributed by atoms with Crippen LogP contribution in [-0.2, 0) is 0 Å². The van der Waals surface area contributed by atoms with Crippen molar-refractivity contribution < 1.29 is 0 Å². The molecule has 1 atom stereocenters. The Hall–Kier alpha value is 0.970. The summed E-state index contributed by atoms with van der Waals surface area (Å²) in [5.74, 6) is 0. The number of halogens is 2. The van der Waals surface area contributed by atoms with E-state index in [9.17, 15) is 0 Å². The fourth-order valence-corrected chi connectivity index (χ4v) is 0. The molecular formula is CH6Cl2NP. The minimum Gasteiger partial charge on any atom is -0.145 e. The first kappa shape index (κ1) is 9.36. The summed E-state index contributed by atoms with van der Waals surface area (Å²) >= 11 is 9.03. The molecule has 1 nitrogen and oxygen atoms in total. The highest BCUT2D eigenvalue weighted by Gasteiger charge is 1.34. The Morgan fingerprint density at radius 1 is 1.40 bits per heavy atom. The van der Waals surface area contributed by atoms with Gasteiger partial charge < -0.3 is 0 Å². The predicted octanol–water partition coefficient (Wildman–Crippen LogP) is 1.37. The molecule has 0 saturated heterocycles. The van der Waals surface area contributed by atoms with Crippen LogP contribution in [0.15, 0.2) is 0 Å². The fourth-order valence-electron chi connectivity index (χ4n) is 0. The van der Waals surface area contributed by atoms with E-state index in [0.717, 1.165) is 0 Å². The Bertz CT molecular complexity index is 9.61. The van der Waals surface area contributed by atoms with Gasteiger partial charge in [0.1, 0.15) is 0 Å². The summed E-state index contributed by atoms with van der Waals surface area (Å²) in [6.45, 7) is 1.92. The lowest BCUT2D eigenvalue weighted by Crippen LogP contribution is -1.59. The van der Waals surface area contributed by atoms with Crippen molar-refractivity contribution in [3.63, 3.8) is 0 Å². The van der Waals surface area contributed by atoms with Crippen molar-refractivity contribution in [3.05, 3.63) is 0 Å². The highest BCUT2D eigenvalue weighted by atomic mass is 35.5. The van der Waals surface area contributed by atoms with Crippen molar-refractivity contribution in [1.82, 2.24) is 4.35 Å². The van der Waals surface area contributed by atoms with Crippen LogP contribution in [0.25, 0.3) is 0 Å².